The predicted octanol–water partition coefficient (Wildman–Crippen LogP) is 3.81. The third-order valence-corrected chi connectivity index (χ3v) is 4.26. The van der Waals surface area contributed by atoms with Crippen LogP contribution in [0.2, 0.25) is 0 Å². The van der Waals surface area contributed by atoms with E-state index in [9.17, 15) is 4.79 Å². The molecule has 0 unspecified atom stereocenters. The largest absolute Gasteiger partial charge is 0.484 e. The second kappa shape index (κ2) is 7.48. The van der Waals surface area contributed by atoms with Crippen molar-refractivity contribution in [2.24, 2.45) is 0 Å². The molecule has 0 aromatic heterocycles. The lowest BCUT2D eigenvalue weighted by Gasteiger charge is -2.32. The molecule has 0 atom stereocenters. The Morgan fingerprint density at radius 1 is 1.24 bits per heavy atom. The van der Waals surface area contributed by atoms with E-state index in [-0.39, 0.29) is 18.6 Å². The molecule has 3 heteroatoms. The van der Waals surface area contributed by atoms with Gasteiger partial charge in [0.05, 0.1) is 0 Å². The maximum atomic E-state index is 12.5. The number of ether oxygens (including phenoxy) is 1. The molecule has 0 aliphatic heterocycles. The van der Waals surface area contributed by atoms with E-state index in [1.54, 1.807) is 0 Å². The van der Waals surface area contributed by atoms with E-state index in [1.807, 2.05) is 17.0 Å². The summed E-state index contributed by atoms with van der Waals surface area (Å²) in [6, 6.07) is 8.65. The highest BCUT2D eigenvalue weighted by Gasteiger charge is 2.28. The Balaban J connectivity index is 1.91. The monoisotopic (exact) mass is 289 g/mol. The Bertz CT molecular complexity index is 447. The Morgan fingerprint density at radius 3 is 2.38 bits per heavy atom. The van der Waals surface area contributed by atoms with Crippen molar-refractivity contribution in [3.63, 3.8) is 0 Å². The molecule has 0 N–H and O–H groups in total. The lowest BCUT2D eigenvalue weighted by molar-refractivity contribution is -0.137. The minimum absolute atomic E-state index is 0.108. The fraction of sp³-hybridized carbons (Fsp3) is 0.611. The molecule has 0 heterocycles. The number of carbonyl (C=O) groups excluding carboxylic acids is 1. The number of hydrogen-bond acceptors (Lipinski definition) is 2. The van der Waals surface area contributed by atoms with Crippen molar-refractivity contribution in [2.45, 2.75) is 65.0 Å². The van der Waals surface area contributed by atoms with Gasteiger partial charge >= 0.3 is 0 Å². The zero-order chi connectivity index (χ0) is 15.2. The van der Waals surface area contributed by atoms with Crippen LogP contribution in [0.25, 0.3) is 0 Å². The standard InChI is InChI=1S/C18H27NO2/c1-4-15-9-11-17(12-10-15)21-13-18(20)19(14(2)3)16-7-5-6-8-16/h9-12,14,16H,4-8,13H2,1-3H3. The van der Waals surface area contributed by atoms with Gasteiger partial charge in [0.2, 0.25) is 0 Å². The van der Waals surface area contributed by atoms with Gasteiger partial charge in [0.25, 0.3) is 5.91 Å². The Morgan fingerprint density at radius 2 is 1.86 bits per heavy atom. The van der Waals surface area contributed by atoms with Gasteiger partial charge in [0.15, 0.2) is 6.61 Å². The molecule has 1 saturated carbocycles. The van der Waals surface area contributed by atoms with Crippen LogP contribution in [0.1, 0.15) is 52.0 Å². The summed E-state index contributed by atoms with van der Waals surface area (Å²) in [5.74, 6) is 0.882. The molecule has 0 spiro atoms. The summed E-state index contributed by atoms with van der Waals surface area (Å²) < 4.78 is 5.67. The van der Waals surface area contributed by atoms with Gasteiger partial charge in [-0.2, -0.15) is 0 Å². The molecule has 1 aliphatic rings. The Kier molecular flexibility index (Phi) is 5.66. The third kappa shape index (κ3) is 4.23. The summed E-state index contributed by atoms with van der Waals surface area (Å²) in [5, 5.41) is 0. The molecule has 1 aromatic carbocycles. The van der Waals surface area contributed by atoms with Crippen LogP contribution in [-0.2, 0) is 11.2 Å². The molecule has 1 aromatic rings. The van der Waals surface area contributed by atoms with Crippen LogP contribution >= 0.6 is 0 Å². The molecule has 0 saturated heterocycles. The van der Waals surface area contributed by atoms with E-state index in [0.29, 0.717) is 6.04 Å². The van der Waals surface area contributed by atoms with Gasteiger partial charge in [-0.3, -0.25) is 4.79 Å². The zero-order valence-electron chi connectivity index (χ0n) is 13.5. The van der Waals surface area contributed by atoms with E-state index >= 15 is 0 Å². The van der Waals surface area contributed by atoms with Crippen molar-refractivity contribution < 1.29 is 9.53 Å². The highest BCUT2D eigenvalue weighted by Crippen LogP contribution is 2.25. The van der Waals surface area contributed by atoms with Crippen molar-refractivity contribution >= 4 is 5.91 Å². The minimum Gasteiger partial charge on any atom is -0.484 e. The summed E-state index contributed by atoms with van der Waals surface area (Å²) in [6.45, 7) is 6.44. The molecule has 3 nitrogen and oxygen atoms in total. The van der Waals surface area contributed by atoms with Gasteiger partial charge in [-0.05, 0) is 50.8 Å². The number of rotatable bonds is 6. The molecule has 1 amide bonds. The highest BCUT2D eigenvalue weighted by molar-refractivity contribution is 5.78. The van der Waals surface area contributed by atoms with Crippen molar-refractivity contribution in [1.29, 1.82) is 0 Å². The van der Waals surface area contributed by atoms with Gasteiger partial charge in [0, 0.05) is 12.1 Å². The minimum atomic E-state index is 0.108. The van der Waals surface area contributed by atoms with Crippen LogP contribution < -0.4 is 4.74 Å². The summed E-state index contributed by atoms with van der Waals surface area (Å²) in [5.41, 5.74) is 1.28. The second-order valence-corrected chi connectivity index (χ2v) is 6.12. The van der Waals surface area contributed by atoms with Crippen molar-refractivity contribution in [3.8, 4) is 5.75 Å². The number of benzene rings is 1. The summed E-state index contributed by atoms with van der Waals surface area (Å²) in [6.07, 6.45) is 5.76. The number of carbonyl (C=O) groups is 1. The van der Waals surface area contributed by atoms with Crippen LogP contribution in [-0.4, -0.2) is 29.5 Å². The maximum Gasteiger partial charge on any atom is 0.260 e. The maximum absolute atomic E-state index is 12.5. The molecule has 0 radical (unpaired) electrons. The first-order valence-electron chi connectivity index (χ1n) is 8.14. The van der Waals surface area contributed by atoms with Crippen LogP contribution in [0, 0.1) is 0 Å². The molecular formula is C18H27NO2. The summed E-state index contributed by atoms with van der Waals surface area (Å²) >= 11 is 0. The third-order valence-electron chi connectivity index (χ3n) is 4.26. The fourth-order valence-corrected chi connectivity index (χ4v) is 3.14. The van der Waals surface area contributed by atoms with Crippen molar-refractivity contribution in [2.75, 3.05) is 6.61 Å². The quantitative estimate of drug-likeness (QED) is 0.797. The number of aryl methyl sites for hydroxylation is 1. The number of amides is 1. The number of hydrogen-bond donors (Lipinski definition) is 0. The molecule has 1 aliphatic carbocycles. The van der Waals surface area contributed by atoms with Gasteiger partial charge in [-0.25, -0.2) is 0 Å². The van der Waals surface area contributed by atoms with E-state index in [4.69, 9.17) is 4.74 Å². The molecule has 116 valence electrons. The first kappa shape index (κ1) is 15.9. The Hall–Kier alpha value is -1.51. The van der Waals surface area contributed by atoms with E-state index in [1.165, 1.54) is 18.4 Å². The molecule has 2 rings (SSSR count). The van der Waals surface area contributed by atoms with E-state index in [0.717, 1.165) is 25.0 Å². The van der Waals surface area contributed by atoms with E-state index in [2.05, 4.69) is 32.9 Å². The fourth-order valence-electron chi connectivity index (χ4n) is 3.14. The molecule has 1 fully saturated rings. The van der Waals surface area contributed by atoms with Crippen LogP contribution in [0.4, 0.5) is 0 Å². The highest BCUT2D eigenvalue weighted by atomic mass is 16.5. The lowest BCUT2D eigenvalue weighted by atomic mass is 10.1. The lowest BCUT2D eigenvalue weighted by Crippen LogP contribution is -2.45. The van der Waals surface area contributed by atoms with Gasteiger partial charge in [-0.1, -0.05) is 31.9 Å². The zero-order valence-corrected chi connectivity index (χ0v) is 13.5. The van der Waals surface area contributed by atoms with Crippen LogP contribution in [0.5, 0.6) is 5.75 Å². The summed E-state index contributed by atoms with van der Waals surface area (Å²) in [7, 11) is 0. The second-order valence-electron chi connectivity index (χ2n) is 6.12. The molecular weight excluding hydrogens is 262 g/mol. The topological polar surface area (TPSA) is 29.5 Å². The average molecular weight is 289 g/mol. The van der Waals surface area contributed by atoms with Crippen molar-refractivity contribution in [1.82, 2.24) is 4.90 Å². The van der Waals surface area contributed by atoms with Crippen LogP contribution in [0.15, 0.2) is 24.3 Å². The Labute approximate surface area is 128 Å². The molecule has 0 bridgehead atoms. The van der Waals surface area contributed by atoms with Gasteiger partial charge in [0.1, 0.15) is 5.75 Å². The summed E-state index contributed by atoms with van der Waals surface area (Å²) in [4.78, 5) is 14.5. The van der Waals surface area contributed by atoms with Gasteiger partial charge < -0.3 is 9.64 Å². The first-order chi connectivity index (χ1) is 10.1. The first-order valence-corrected chi connectivity index (χ1v) is 8.14. The normalized spacial score (nSPS) is 15.4. The van der Waals surface area contributed by atoms with Gasteiger partial charge in [-0.15, -0.1) is 0 Å². The smallest absolute Gasteiger partial charge is 0.260 e. The SMILES string of the molecule is CCc1ccc(OCC(=O)N(C(C)C)C2CCCC2)cc1. The predicted molar refractivity (Wildman–Crippen MR) is 85.6 cm³/mol. The number of nitrogens with zero attached hydrogens (tertiary/aromatic N) is 1. The van der Waals surface area contributed by atoms with Crippen LogP contribution in [0.3, 0.4) is 0 Å². The average Bonchev–Trinajstić information content (AvgIpc) is 2.99. The molecule has 21 heavy (non-hydrogen) atoms. The van der Waals surface area contributed by atoms with E-state index < -0.39 is 0 Å². The van der Waals surface area contributed by atoms with Crippen molar-refractivity contribution in [3.05, 3.63) is 29.8 Å².